The van der Waals surface area contributed by atoms with Crippen molar-refractivity contribution in [3.8, 4) is 28.0 Å². The molecule has 0 spiro atoms. The summed E-state index contributed by atoms with van der Waals surface area (Å²) in [6, 6.07) is 26.1. The van der Waals surface area contributed by atoms with Crippen LogP contribution in [-0.2, 0) is 4.74 Å². The summed E-state index contributed by atoms with van der Waals surface area (Å²) >= 11 is 0. The topological polar surface area (TPSA) is 18.5 Å². The monoisotopic (exact) mass is 528 g/mol. The lowest BCUT2D eigenvalue weighted by atomic mass is 9.94. The standard InChI is InChI=1S/C37H52O2/c1-4-6-8-9-10-11-12-13-14-18-29-38-31(3)32-21-23-33(24-22-32)36-19-15-16-20-37(36)34-25-27-35(28-26-34)39-30-17-7-5-2/h15-16,19-28,31H,4-14,17-18,29-30H2,1-3H3. The molecule has 3 rings (SSSR count). The van der Waals surface area contributed by atoms with Crippen molar-refractivity contribution in [1.29, 1.82) is 0 Å². The van der Waals surface area contributed by atoms with E-state index in [1.165, 1.54) is 98.4 Å². The number of hydrogen-bond acceptors (Lipinski definition) is 2. The first-order valence-corrected chi connectivity index (χ1v) is 15.8. The fourth-order valence-electron chi connectivity index (χ4n) is 5.14. The van der Waals surface area contributed by atoms with Crippen molar-refractivity contribution in [2.24, 2.45) is 0 Å². The van der Waals surface area contributed by atoms with Crippen LogP contribution in [0.1, 0.15) is 116 Å². The van der Waals surface area contributed by atoms with Crippen molar-refractivity contribution in [3.05, 3.63) is 78.4 Å². The fourth-order valence-corrected chi connectivity index (χ4v) is 5.14. The summed E-state index contributed by atoms with van der Waals surface area (Å²) in [5.74, 6) is 0.948. The average Bonchev–Trinajstić information content (AvgIpc) is 2.98. The zero-order chi connectivity index (χ0) is 27.5. The van der Waals surface area contributed by atoms with E-state index in [4.69, 9.17) is 9.47 Å². The minimum Gasteiger partial charge on any atom is -0.494 e. The van der Waals surface area contributed by atoms with Crippen LogP contribution in [0.4, 0.5) is 0 Å². The first kappa shape index (κ1) is 31.0. The van der Waals surface area contributed by atoms with E-state index >= 15 is 0 Å². The van der Waals surface area contributed by atoms with Gasteiger partial charge < -0.3 is 9.47 Å². The van der Waals surface area contributed by atoms with Crippen molar-refractivity contribution in [2.75, 3.05) is 13.2 Å². The second-order valence-electron chi connectivity index (χ2n) is 10.9. The Labute approximate surface area is 239 Å². The number of benzene rings is 3. The zero-order valence-corrected chi connectivity index (χ0v) is 24.9. The summed E-state index contributed by atoms with van der Waals surface area (Å²) in [7, 11) is 0. The summed E-state index contributed by atoms with van der Waals surface area (Å²) < 4.78 is 12.1. The molecule has 39 heavy (non-hydrogen) atoms. The van der Waals surface area contributed by atoms with Crippen LogP contribution in [0.15, 0.2) is 72.8 Å². The van der Waals surface area contributed by atoms with Crippen LogP contribution in [0.3, 0.4) is 0 Å². The van der Waals surface area contributed by atoms with Crippen LogP contribution in [-0.4, -0.2) is 13.2 Å². The zero-order valence-electron chi connectivity index (χ0n) is 24.9. The number of rotatable bonds is 20. The van der Waals surface area contributed by atoms with Gasteiger partial charge in [-0.25, -0.2) is 0 Å². The summed E-state index contributed by atoms with van der Waals surface area (Å²) in [6.45, 7) is 8.31. The Morgan fingerprint density at radius 2 is 0.974 bits per heavy atom. The van der Waals surface area contributed by atoms with Gasteiger partial charge in [0.05, 0.1) is 12.7 Å². The molecule has 0 bridgehead atoms. The first-order valence-electron chi connectivity index (χ1n) is 15.8. The molecule has 0 aliphatic rings. The summed E-state index contributed by atoms with van der Waals surface area (Å²) in [6.07, 6.45) is 17.2. The van der Waals surface area contributed by atoms with E-state index in [9.17, 15) is 0 Å². The second kappa shape index (κ2) is 18.7. The minimum atomic E-state index is 0.123. The molecule has 0 amide bonds. The van der Waals surface area contributed by atoms with Crippen LogP contribution in [0.5, 0.6) is 5.75 Å². The molecule has 3 aromatic carbocycles. The Balaban J connectivity index is 1.45. The minimum absolute atomic E-state index is 0.123. The summed E-state index contributed by atoms with van der Waals surface area (Å²) in [4.78, 5) is 0. The molecule has 0 fully saturated rings. The maximum absolute atomic E-state index is 6.18. The van der Waals surface area contributed by atoms with Crippen LogP contribution in [0, 0.1) is 0 Å². The second-order valence-corrected chi connectivity index (χ2v) is 10.9. The molecule has 0 aliphatic carbocycles. The molecule has 0 aromatic heterocycles. The molecule has 0 heterocycles. The normalized spacial score (nSPS) is 12.0. The molecule has 212 valence electrons. The van der Waals surface area contributed by atoms with E-state index in [-0.39, 0.29) is 6.10 Å². The number of unbranched alkanes of at least 4 members (excludes halogenated alkanes) is 11. The van der Waals surface area contributed by atoms with Gasteiger partial charge in [-0.1, -0.05) is 145 Å². The highest BCUT2D eigenvalue weighted by Crippen LogP contribution is 2.33. The highest BCUT2D eigenvalue weighted by atomic mass is 16.5. The van der Waals surface area contributed by atoms with E-state index in [1.54, 1.807) is 0 Å². The summed E-state index contributed by atoms with van der Waals surface area (Å²) in [5, 5.41) is 0. The molecule has 2 nitrogen and oxygen atoms in total. The van der Waals surface area contributed by atoms with Gasteiger partial charge in [-0.2, -0.15) is 0 Å². The van der Waals surface area contributed by atoms with Gasteiger partial charge in [0.2, 0.25) is 0 Å². The van der Waals surface area contributed by atoms with Crippen molar-refractivity contribution in [1.82, 2.24) is 0 Å². The quantitative estimate of drug-likeness (QED) is 0.136. The SMILES string of the molecule is CCCCCCCCCCCCOC(C)c1ccc(-c2ccccc2-c2ccc(OCCCCC)cc2)cc1. The third kappa shape index (κ3) is 11.2. The molecule has 0 saturated carbocycles. The average molecular weight is 529 g/mol. The Bertz CT molecular complexity index is 1020. The molecule has 0 N–H and O–H groups in total. The third-order valence-electron chi connectivity index (χ3n) is 7.67. The fraction of sp³-hybridized carbons (Fsp3) is 0.514. The summed E-state index contributed by atoms with van der Waals surface area (Å²) in [5.41, 5.74) is 6.18. The largest absolute Gasteiger partial charge is 0.494 e. The predicted molar refractivity (Wildman–Crippen MR) is 169 cm³/mol. The van der Waals surface area contributed by atoms with Gasteiger partial charge in [-0.3, -0.25) is 0 Å². The van der Waals surface area contributed by atoms with Gasteiger partial charge in [0.25, 0.3) is 0 Å². The van der Waals surface area contributed by atoms with Crippen LogP contribution in [0.25, 0.3) is 22.3 Å². The molecule has 3 aromatic rings. The maximum atomic E-state index is 6.18. The Hall–Kier alpha value is -2.58. The lowest BCUT2D eigenvalue weighted by molar-refractivity contribution is 0.0627. The third-order valence-corrected chi connectivity index (χ3v) is 7.67. The maximum Gasteiger partial charge on any atom is 0.119 e. The molecular weight excluding hydrogens is 476 g/mol. The van der Waals surface area contributed by atoms with E-state index in [0.717, 1.165) is 31.8 Å². The molecule has 0 aliphatic heterocycles. The molecule has 0 radical (unpaired) electrons. The molecule has 1 unspecified atom stereocenters. The highest BCUT2D eigenvalue weighted by Gasteiger charge is 2.10. The van der Waals surface area contributed by atoms with Gasteiger partial charge >= 0.3 is 0 Å². The van der Waals surface area contributed by atoms with Gasteiger partial charge in [0.1, 0.15) is 5.75 Å². The van der Waals surface area contributed by atoms with Crippen LogP contribution < -0.4 is 4.74 Å². The van der Waals surface area contributed by atoms with E-state index < -0.39 is 0 Å². The van der Waals surface area contributed by atoms with Gasteiger partial charge in [-0.15, -0.1) is 0 Å². The Morgan fingerprint density at radius 3 is 1.54 bits per heavy atom. The van der Waals surface area contributed by atoms with E-state index in [0.29, 0.717) is 0 Å². The van der Waals surface area contributed by atoms with Gasteiger partial charge in [-0.05, 0) is 59.7 Å². The predicted octanol–water partition coefficient (Wildman–Crippen LogP) is 11.6. The van der Waals surface area contributed by atoms with E-state index in [2.05, 4.69) is 93.6 Å². The van der Waals surface area contributed by atoms with E-state index in [1.807, 2.05) is 0 Å². The van der Waals surface area contributed by atoms with Gasteiger partial charge in [0.15, 0.2) is 0 Å². The van der Waals surface area contributed by atoms with Crippen LogP contribution in [0.2, 0.25) is 0 Å². The molecule has 0 saturated heterocycles. The lowest BCUT2D eigenvalue weighted by Gasteiger charge is -2.15. The smallest absolute Gasteiger partial charge is 0.119 e. The first-order chi connectivity index (χ1) is 19.2. The Kier molecular flexibility index (Phi) is 14.8. The van der Waals surface area contributed by atoms with Crippen molar-refractivity contribution in [3.63, 3.8) is 0 Å². The lowest BCUT2D eigenvalue weighted by Crippen LogP contribution is -2.02. The van der Waals surface area contributed by atoms with Gasteiger partial charge in [0, 0.05) is 6.61 Å². The molecule has 1 atom stereocenters. The highest BCUT2D eigenvalue weighted by molar-refractivity contribution is 5.83. The molecule has 2 heteroatoms. The van der Waals surface area contributed by atoms with Crippen molar-refractivity contribution in [2.45, 2.75) is 110 Å². The number of ether oxygens (including phenoxy) is 2. The van der Waals surface area contributed by atoms with Crippen LogP contribution >= 0.6 is 0 Å². The molecular formula is C37H52O2. The van der Waals surface area contributed by atoms with Crippen molar-refractivity contribution >= 4 is 0 Å². The Morgan fingerprint density at radius 1 is 0.513 bits per heavy atom. The number of hydrogen-bond donors (Lipinski definition) is 0. The van der Waals surface area contributed by atoms with Crippen molar-refractivity contribution < 1.29 is 9.47 Å².